The van der Waals surface area contributed by atoms with Crippen LogP contribution in [0.15, 0.2) is 77.8 Å². The minimum absolute atomic E-state index is 0.0432. The van der Waals surface area contributed by atoms with Gasteiger partial charge < -0.3 is 4.74 Å². The number of hydrogen-bond donors (Lipinski definition) is 0. The van der Waals surface area contributed by atoms with E-state index < -0.39 is 4.92 Å². The lowest BCUT2D eigenvalue weighted by Crippen LogP contribution is -1.96. The van der Waals surface area contributed by atoms with Gasteiger partial charge in [0.1, 0.15) is 5.75 Å². The standard InChI is InChI=1S/C26H22ClN3O3S/c1-2-3-16-33-23-14-4-18(5-15-23)17-28-26-29-24(19-6-10-21(27)11-7-19)25(34-26)20-8-12-22(13-9-20)30(31)32/h4-15,17H,2-3,16H2,1H3. The summed E-state index contributed by atoms with van der Waals surface area (Å²) in [6.07, 6.45) is 3.89. The summed E-state index contributed by atoms with van der Waals surface area (Å²) in [4.78, 5) is 20.8. The zero-order valence-electron chi connectivity index (χ0n) is 18.5. The second-order valence-electron chi connectivity index (χ2n) is 7.51. The quantitative estimate of drug-likeness (QED) is 0.103. The highest BCUT2D eigenvalue weighted by molar-refractivity contribution is 7.19. The van der Waals surface area contributed by atoms with E-state index in [2.05, 4.69) is 11.9 Å². The van der Waals surface area contributed by atoms with Crippen LogP contribution in [0.25, 0.3) is 21.7 Å². The highest BCUT2D eigenvalue weighted by Gasteiger charge is 2.16. The number of hydrogen-bond acceptors (Lipinski definition) is 6. The number of ether oxygens (including phenoxy) is 1. The van der Waals surface area contributed by atoms with E-state index >= 15 is 0 Å². The molecule has 0 fully saturated rings. The van der Waals surface area contributed by atoms with Crippen molar-refractivity contribution in [1.29, 1.82) is 0 Å². The number of rotatable bonds is 9. The lowest BCUT2D eigenvalue weighted by Gasteiger charge is -2.04. The minimum Gasteiger partial charge on any atom is -0.494 e. The van der Waals surface area contributed by atoms with Gasteiger partial charge >= 0.3 is 0 Å². The number of nitro benzene ring substituents is 1. The Labute approximate surface area is 206 Å². The van der Waals surface area contributed by atoms with Crippen molar-refractivity contribution in [2.75, 3.05) is 6.61 Å². The Morgan fingerprint density at radius 2 is 1.71 bits per heavy atom. The largest absolute Gasteiger partial charge is 0.494 e. The first-order chi connectivity index (χ1) is 16.5. The zero-order chi connectivity index (χ0) is 23.9. The van der Waals surface area contributed by atoms with Gasteiger partial charge in [0, 0.05) is 28.9 Å². The van der Waals surface area contributed by atoms with E-state index in [1.807, 2.05) is 48.5 Å². The van der Waals surface area contributed by atoms with Crippen molar-refractivity contribution in [2.45, 2.75) is 19.8 Å². The molecule has 0 amide bonds. The first kappa shape index (κ1) is 23.6. The number of nitro groups is 1. The monoisotopic (exact) mass is 491 g/mol. The molecule has 8 heteroatoms. The normalized spacial score (nSPS) is 11.1. The lowest BCUT2D eigenvalue weighted by atomic mass is 10.1. The van der Waals surface area contributed by atoms with Crippen molar-refractivity contribution in [2.24, 2.45) is 4.99 Å². The van der Waals surface area contributed by atoms with Crippen LogP contribution in [0.4, 0.5) is 10.8 Å². The molecule has 6 nitrogen and oxygen atoms in total. The second-order valence-corrected chi connectivity index (χ2v) is 8.93. The fourth-order valence-corrected chi connectivity index (χ4v) is 4.28. The molecular weight excluding hydrogens is 470 g/mol. The van der Waals surface area contributed by atoms with Gasteiger partial charge in [-0.15, -0.1) is 0 Å². The molecule has 0 N–H and O–H groups in total. The summed E-state index contributed by atoms with van der Waals surface area (Å²) in [5, 5.41) is 12.3. The Morgan fingerprint density at radius 3 is 2.35 bits per heavy atom. The molecule has 0 aliphatic rings. The fraction of sp³-hybridized carbons (Fsp3) is 0.154. The molecule has 0 unspecified atom stereocenters. The molecule has 0 bridgehead atoms. The smallest absolute Gasteiger partial charge is 0.269 e. The van der Waals surface area contributed by atoms with E-state index in [0.717, 1.165) is 45.9 Å². The molecule has 4 aromatic rings. The molecule has 0 aliphatic heterocycles. The topological polar surface area (TPSA) is 77.6 Å². The maximum Gasteiger partial charge on any atom is 0.269 e. The van der Waals surface area contributed by atoms with Crippen molar-refractivity contribution in [3.05, 3.63) is 93.5 Å². The fourth-order valence-electron chi connectivity index (χ4n) is 3.21. The predicted octanol–water partition coefficient (Wildman–Crippen LogP) is 7.97. The number of nitrogens with zero attached hydrogens (tertiary/aromatic N) is 3. The summed E-state index contributed by atoms with van der Waals surface area (Å²) in [6, 6.07) is 21.6. The van der Waals surface area contributed by atoms with Crippen LogP contribution < -0.4 is 4.74 Å². The molecule has 1 heterocycles. The first-order valence-electron chi connectivity index (χ1n) is 10.8. The van der Waals surface area contributed by atoms with Crippen LogP contribution in [0.3, 0.4) is 0 Å². The van der Waals surface area contributed by atoms with Gasteiger partial charge in [0.15, 0.2) is 0 Å². The molecule has 3 aromatic carbocycles. The van der Waals surface area contributed by atoms with E-state index in [-0.39, 0.29) is 5.69 Å². The van der Waals surface area contributed by atoms with Crippen molar-refractivity contribution in [1.82, 2.24) is 4.98 Å². The number of halogens is 1. The van der Waals surface area contributed by atoms with E-state index in [1.54, 1.807) is 18.3 Å². The van der Waals surface area contributed by atoms with Gasteiger partial charge in [0.25, 0.3) is 5.69 Å². The van der Waals surface area contributed by atoms with Crippen molar-refractivity contribution in [3.8, 4) is 27.4 Å². The maximum atomic E-state index is 11.0. The minimum atomic E-state index is -0.410. The molecule has 1 aromatic heterocycles. The van der Waals surface area contributed by atoms with Crippen molar-refractivity contribution < 1.29 is 9.66 Å². The van der Waals surface area contributed by atoms with Crippen LogP contribution in [-0.4, -0.2) is 22.7 Å². The van der Waals surface area contributed by atoms with Gasteiger partial charge in [-0.2, -0.15) is 0 Å². The van der Waals surface area contributed by atoms with Gasteiger partial charge in [0.2, 0.25) is 5.13 Å². The SMILES string of the molecule is CCCCOc1ccc(C=Nc2nc(-c3ccc(Cl)cc3)c(-c3ccc([N+](=O)[O-])cc3)s2)cc1. The molecule has 4 rings (SSSR count). The zero-order valence-corrected chi connectivity index (χ0v) is 20.1. The van der Waals surface area contributed by atoms with Gasteiger partial charge in [-0.3, -0.25) is 10.1 Å². The predicted molar refractivity (Wildman–Crippen MR) is 139 cm³/mol. The third kappa shape index (κ3) is 5.87. The van der Waals surface area contributed by atoms with Gasteiger partial charge in [0.05, 0.1) is 22.1 Å². The summed E-state index contributed by atoms with van der Waals surface area (Å²) in [6.45, 7) is 2.84. The number of non-ortho nitro benzene ring substituents is 1. The maximum absolute atomic E-state index is 11.0. The summed E-state index contributed by atoms with van der Waals surface area (Å²) in [5.41, 5.74) is 3.46. The molecule has 34 heavy (non-hydrogen) atoms. The van der Waals surface area contributed by atoms with Crippen molar-refractivity contribution in [3.63, 3.8) is 0 Å². The van der Waals surface area contributed by atoms with Crippen LogP contribution in [0.5, 0.6) is 5.75 Å². The summed E-state index contributed by atoms with van der Waals surface area (Å²) < 4.78 is 5.71. The molecule has 0 atom stereocenters. The second kappa shape index (κ2) is 11.0. The van der Waals surface area contributed by atoms with Gasteiger partial charge in [-0.1, -0.05) is 48.4 Å². The van der Waals surface area contributed by atoms with E-state index in [9.17, 15) is 10.1 Å². The molecular formula is C26H22ClN3O3S. The Morgan fingerprint density at radius 1 is 1.03 bits per heavy atom. The van der Waals surface area contributed by atoms with E-state index in [0.29, 0.717) is 16.8 Å². The number of thiazole rings is 1. The van der Waals surface area contributed by atoms with Crippen molar-refractivity contribution >= 4 is 40.0 Å². The lowest BCUT2D eigenvalue weighted by molar-refractivity contribution is -0.384. The van der Waals surface area contributed by atoms with Gasteiger partial charge in [-0.25, -0.2) is 9.98 Å². The number of unbranched alkanes of at least 4 members (excludes halogenated alkanes) is 1. The van der Waals surface area contributed by atoms with Crippen LogP contribution in [0, 0.1) is 10.1 Å². The van der Waals surface area contributed by atoms with Crippen LogP contribution >= 0.6 is 22.9 Å². The summed E-state index contributed by atoms with van der Waals surface area (Å²) in [5.74, 6) is 0.838. The first-order valence-corrected chi connectivity index (χ1v) is 12.0. The Kier molecular flexibility index (Phi) is 7.67. The molecule has 0 saturated carbocycles. The Bertz CT molecular complexity index is 1280. The molecule has 0 radical (unpaired) electrons. The average molecular weight is 492 g/mol. The van der Waals surface area contributed by atoms with Crippen LogP contribution in [0.2, 0.25) is 5.02 Å². The summed E-state index contributed by atoms with van der Waals surface area (Å²) >= 11 is 7.48. The number of benzene rings is 3. The number of aliphatic imine (C=N–C) groups is 1. The third-order valence-electron chi connectivity index (χ3n) is 5.04. The van der Waals surface area contributed by atoms with E-state index in [4.69, 9.17) is 21.3 Å². The molecule has 0 spiro atoms. The molecule has 0 aliphatic carbocycles. The number of aromatic nitrogens is 1. The molecule has 0 saturated heterocycles. The third-order valence-corrected chi connectivity index (χ3v) is 6.31. The Hall–Kier alpha value is -3.55. The summed E-state index contributed by atoms with van der Waals surface area (Å²) in [7, 11) is 0. The highest BCUT2D eigenvalue weighted by atomic mass is 35.5. The van der Waals surface area contributed by atoms with Gasteiger partial charge in [-0.05, 0) is 66.1 Å². The molecule has 172 valence electrons. The Balaban J connectivity index is 1.62. The highest BCUT2D eigenvalue weighted by Crippen LogP contribution is 2.40. The van der Waals surface area contributed by atoms with E-state index in [1.165, 1.54) is 23.5 Å². The van der Waals surface area contributed by atoms with Crippen LogP contribution in [0.1, 0.15) is 25.3 Å². The average Bonchev–Trinajstić information content (AvgIpc) is 3.28. The van der Waals surface area contributed by atoms with Crippen LogP contribution in [-0.2, 0) is 0 Å².